The van der Waals surface area contributed by atoms with Gasteiger partial charge in [-0.25, -0.2) is 0 Å². The van der Waals surface area contributed by atoms with Crippen molar-refractivity contribution in [1.29, 1.82) is 0 Å². The molecule has 1 amide bonds. The van der Waals surface area contributed by atoms with Gasteiger partial charge in [-0.15, -0.1) is 0 Å². The Morgan fingerprint density at radius 3 is 2.71 bits per heavy atom. The van der Waals surface area contributed by atoms with E-state index < -0.39 is 5.97 Å². The Labute approximate surface area is 123 Å². The van der Waals surface area contributed by atoms with Crippen LogP contribution in [0.25, 0.3) is 10.9 Å². The molecule has 0 aliphatic carbocycles. The summed E-state index contributed by atoms with van der Waals surface area (Å²) in [5, 5.41) is 12.5. The smallest absolute Gasteiger partial charge is 0.303 e. The third kappa shape index (κ3) is 4.63. The fraction of sp³-hybridized carbons (Fsp3) is 0.375. The maximum Gasteiger partial charge on any atom is 0.303 e. The van der Waals surface area contributed by atoms with Crippen molar-refractivity contribution in [3.05, 3.63) is 36.5 Å². The highest BCUT2D eigenvalue weighted by Gasteiger charge is 2.04. The first-order valence-electron chi connectivity index (χ1n) is 7.19. The number of nitrogens with zero attached hydrogens (tertiary/aromatic N) is 1. The highest BCUT2D eigenvalue weighted by molar-refractivity contribution is 5.80. The van der Waals surface area contributed by atoms with E-state index in [0.717, 1.165) is 5.52 Å². The Morgan fingerprint density at radius 1 is 1.10 bits per heavy atom. The third-order valence-corrected chi connectivity index (χ3v) is 3.40. The van der Waals surface area contributed by atoms with E-state index in [-0.39, 0.29) is 12.3 Å². The molecule has 0 spiro atoms. The number of carboxylic acid groups (broad SMARTS) is 1. The lowest BCUT2D eigenvalue weighted by Gasteiger charge is -2.07. The van der Waals surface area contributed by atoms with E-state index in [2.05, 4.69) is 9.88 Å². The van der Waals surface area contributed by atoms with Gasteiger partial charge >= 0.3 is 5.97 Å². The third-order valence-electron chi connectivity index (χ3n) is 3.40. The molecule has 0 fully saturated rings. The molecule has 0 saturated heterocycles. The van der Waals surface area contributed by atoms with E-state index in [0.29, 0.717) is 32.4 Å². The van der Waals surface area contributed by atoms with Crippen LogP contribution < -0.4 is 5.32 Å². The molecular formula is C16H20N2O3. The van der Waals surface area contributed by atoms with E-state index in [1.807, 2.05) is 36.5 Å². The summed E-state index contributed by atoms with van der Waals surface area (Å²) in [5.74, 6) is -0.788. The first-order valence-corrected chi connectivity index (χ1v) is 7.19. The van der Waals surface area contributed by atoms with Gasteiger partial charge in [0.15, 0.2) is 0 Å². The lowest BCUT2D eigenvalue weighted by atomic mass is 10.2. The molecule has 5 heteroatoms. The molecule has 0 radical (unpaired) electrons. The van der Waals surface area contributed by atoms with Crippen LogP contribution in [0.1, 0.15) is 25.7 Å². The van der Waals surface area contributed by atoms with Crippen molar-refractivity contribution >= 4 is 22.8 Å². The SMILES string of the molecule is O=C(O)CCCCNC(=O)CCn1ccc2ccccc21. The molecule has 5 nitrogen and oxygen atoms in total. The van der Waals surface area contributed by atoms with Crippen molar-refractivity contribution in [2.75, 3.05) is 6.54 Å². The maximum atomic E-state index is 11.7. The van der Waals surface area contributed by atoms with Gasteiger partial charge in [0.2, 0.25) is 5.91 Å². The van der Waals surface area contributed by atoms with Crippen LogP contribution in [0.4, 0.5) is 0 Å². The normalized spacial score (nSPS) is 10.7. The largest absolute Gasteiger partial charge is 0.481 e. The van der Waals surface area contributed by atoms with Gasteiger partial charge in [0.1, 0.15) is 0 Å². The zero-order valence-electron chi connectivity index (χ0n) is 11.9. The molecule has 0 aliphatic rings. The number of aromatic nitrogens is 1. The van der Waals surface area contributed by atoms with E-state index in [4.69, 9.17) is 5.11 Å². The molecule has 21 heavy (non-hydrogen) atoms. The number of nitrogens with one attached hydrogen (secondary N) is 1. The van der Waals surface area contributed by atoms with Gasteiger partial charge in [-0.2, -0.15) is 0 Å². The number of carbonyl (C=O) groups is 2. The predicted molar refractivity (Wildman–Crippen MR) is 81.1 cm³/mol. The highest BCUT2D eigenvalue weighted by atomic mass is 16.4. The van der Waals surface area contributed by atoms with Crippen LogP contribution in [0.3, 0.4) is 0 Å². The second-order valence-corrected chi connectivity index (χ2v) is 5.02. The van der Waals surface area contributed by atoms with Gasteiger partial charge in [0.05, 0.1) is 0 Å². The van der Waals surface area contributed by atoms with Gasteiger partial charge < -0.3 is 15.0 Å². The van der Waals surface area contributed by atoms with E-state index in [1.165, 1.54) is 5.39 Å². The van der Waals surface area contributed by atoms with Crippen LogP contribution in [0, 0.1) is 0 Å². The first-order chi connectivity index (χ1) is 10.2. The molecule has 0 saturated carbocycles. The summed E-state index contributed by atoms with van der Waals surface area (Å²) in [6.45, 7) is 1.19. The lowest BCUT2D eigenvalue weighted by Crippen LogP contribution is -2.25. The molecule has 2 N–H and O–H groups in total. The second-order valence-electron chi connectivity index (χ2n) is 5.02. The maximum absolute atomic E-state index is 11.7. The Bertz CT molecular complexity index is 619. The molecule has 1 aromatic heterocycles. The Morgan fingerprint density at radius 2 is 1.90 bits per heavy atom. The fourth-order valence-corrected chi connectivity index (χ4v) is 2.28. The van der Waals surface area contributed by atoms with Gasteiger partial charge in [0.25, 0.3) is 0 Å². The molecule has 112 valence electrons. The number of aryl methyl sites for hydroxylation is 1. The Kier molecular flexibility index (Phi) is 5.37. The molecule has 0 unspecified atom stereocenters. The summed E-state index contributed by atoms with van der Waals surface area (Å²) in [6, 6.07) is 10.1. The monoisotopic (exact) mass is 288 g/mol. The van der Waals surface area contributed by atoms with Crippen LogP contribution in [0.15, 0.2) is 36.5 Å². The van der Waals surface area contributed by atoms with Crippen molar-refractivity contribution < 1.29 is 14.7 Å². The van der Waals surface area contributed by atoms with Crippen molar-refractivity contribution in [3.8, 4) is 0 Å². The van der Waals surface area contributed by atoms with Crippen LogP contribution in [-0.2, 0) is 16.1 Å². The predicted octanol–water partition coefficient (Wildman–Crippen LogP) is 2.40. The molecular weight excluding hydrogens is 268 g/mol. The van der Waals surface area contributed by atoms with Gasteiger partial charge in [-0.05, 0) is 30.4 Å². The number of unbranched alkanes of at least 4 members (excludes halogenated alkanes) is 1. The summed E-state index contributed by atoms with van der Waals surface area (Å²) >= 11 is 0. The number of carbonyl (C=O) groups excluding carboxylic acids is 1. The van der Waals surface area contributed by atoms with E-state index in [9.17, 15) is 9.59 Å². The number of amides is 1. The van der Waals surface area contributed by atoms with Crippen LogP contribution in [0.5, 0.6) is 0 Å². The van der Waals surface area contributed by atoms with Gasteiger partial charge in [-0.3, -0.25) is 9.59 Å². The van der Waals surface area contributed by atoms with Crippen molar-refractivity contribution in [1.82, 2.24) is 9.88 Å². The first kappa shape index (κ1) is 15.1. The minimum Gasteiger partial charge on any atom is -0.481 e. The minimum absolute atomic E-state index is 0.00288. The average molecular weight is 288 g/mol. The van der Waals surface area contributed by atoms with Crippen molar-refractivity contribution in [2.45, 2.75) is 32.2 Å². The van der Waals surface area contributed by atoms with Crippen LogP contribution >= 0.6 is 0 Å². The lowest BCUT2D eigenvalue weighted by molar-refractivity contribution is -0.137. The van der Waals surface area contributed by atoms with Gasteiger partial charge in [0, 0.05) is 37.6 Å². The molecule has 0 atom stereocenters. The zero-order valence-corrected chi connectivity index (χ0v) is 11.9. The number of fused-ring (bicyclic) bond motifs is 1. The zero-order chi connectivity index (χ0) is 15.1. The topological polar surface area (TPSA) is 71.3 Å². The quantitative estimate of drug-likeness (QED) is 0.733. The van der Waals surface area contributed by atoms with E-state index >= 15 is 0 Å². The van der Waals surface area contributed by atoms with Crippen LogP contribution in [0.2, 0.25) is 0 Å². The summed E-state index contributed by atoms with van der Waals surface area (Å²) < 4.78 is 2.07. The summed E-state index contributed by atoms with van der Waals surface area (Å²) in [4.78, 5) is 22.1. The highest BCUT2D eigenvalue weighted by Crippen LogP contribution is 2.15. The Hall–Kier alpha value is -2.30. The number of para-hydroxylation sites is 1. The van der Waals surface area contributed by atoms with Crippen molar-refractivity contribution in [3.63, 3.8) is 0 Å². The van der Waals surface area contributed by atoms with Crippen LogP contribution in [-0.4, -0.2) is 28.1 Å². The number of benzene rings is 1. The average Bonchev–Trinajstić information content (AvgIpc) is 2.87. The summed E-state index contributed by atoms with van der Waals surface area (Å²) in [6.07, 6.45) is 3.87. The number of carboxylic acids is 1. The number of aliphatic carboxylic acids is 1. The fourth-order valence-electron chi connectivity index (χ4n) is 2.28. The number of rotatable bonds is 8. The van der Waals surface area contributed by atoms with Gasteiger partial charge in [-0.1, -0.05) is 18.2 Å². The van der Waals surface area contributed by atoms with E-state index in [1.54, 1.807) is 0 Å². The number of hydrogen-bond donors (Lipinski definition) is 2. The minimum atomic E-state index is -0.791. The summed E-state index contributed by atoms with van der Waals surface area (Å²) in [5.41, 5.74) is 1.13. The summed E-state index contributed by atoms with van der Waals surface area (Å²) in [7, 11) is 0. The van der Waals surface area contributed by atoms with Crippen molar-refractivity contribution in [2.24, 2.45) is 0 Å². The molecule has 0 aliphatic heterocycles. The molecule has 2 rings (SSSR count). The molecule has 1 heterocycles. The standard InChI is InChI=1S/C16H20N2O3/c19-15(17-10-4-3-7-16(20)21)9-12-18-11-8-13-5-1-2-6-14(13)18/h1-2,5-6,8,11H,3-4,7,9-10,12H2,(H,17,19)(H,20,21). The number of hydrogen-bond acceptors (Lipinski definition) is 2. The Balaban J connectivity index is 1.70. The molecule has 2 aromatic rings. The molecule has 1 aromatic carbocycles. The second kappa shape index (κ2) is 7.47. The molecule has 0 bridgehead atoms.